The van der Waals surface area contributed by atoms with Gasteiger partial charge < -0.3 is 20.1 Å². The second kappa shape index (κ2) is 6.05. The van der Waals surface area contributed by atoms with Crippen molar-refractivity contribution in [3.05, 3.63) is 0 Å². The van der Waals surface area contributed by atoms with Crippen molar-refractivity contribution in [2.75, 3.05) is 33.9 Å². The van der Waals surface area contributed by atoms with E-state index in [4.69, 9.17) is 4.74 Å². The quantitative estimate of drug-likeness (QED) is 0.585. The molecule has 1 saturated carbocycles. The summed E-state index contributed by atoms with van der Waals surface area (Å²) in [5.41, 5.74) is 0. The average molecular weight is 216 g/mol. The Bertz CT molecular complexity index is 207. The number of aliphatic hydroxyl groups is 1. The minimum atomic E-state index is -0.547. The summed E-state index contributed by atoms with van der Waals surface area (Å²) < 4.78 is 4.77. The van der Waals surface area contributed by atoms with Crippen LogP contribution in [0.1, 0.15) is 12.8 Å². The Hall–Kier alpha value is -0.650. The zero-order valence-corrected chi connectivity index (χ0v) is 9.40. The Balaban J connectivity index is 2.05. The Morgan fingerprint density at radius 3 is 2.87 bits per heavy atom. The molecule has 0 heterocycles. The van der Waals surface area contributed by atoms with Crippen LogP contribution in [0.5, 0.6) is 0 Å². The number of ether oxygens (including phenoxy) is 1. The fraction of sp³-hybridized carbons (Fsp3) is 0.900. The van der Waals surface area contributed by atoms with Crippen LogP contribution in [-0.4, -0.2) is 61.9 Å². The fourth-order valence-corrected chi connectivity index (χ4v) is 1.39. The summed E-state index contributed by atoms with van der Waals surface area (Å²) in [4.78, 5) is 13.3. The van der Waals surface area contributed by atoms with E-state index < -0.39 is 6.10 Å². The monoisotopic (exact) mass is 216 g/mol. The lowest BCUT2D eigenvalue weighted by Gasteiger charge is -2.17. The average Bonchev–Trinajstić information content (AvgIpc) is 3.00. The van der Waals surface area contributed by atoms with E-state index in [0.29, 0.717) is 19.2 Å². The van der Waals surface area contributed by atoms with Crippen LogP contribution in [-0.2, 0) is 9.53 Å². The van der Waals surface area contributed by atoms with Gasteiger partial charge in [0.2, 0.25) is 5.91 Å². The number of hydrogen-bond acceptors (Lipinski definition) is 4. The summed E-state index contributed by atoms with van der Waals surface area (Å²) in [5.74, 6) is 0.0853. The summed E-state index contributed by atoms with van der Waals surface area (Å²) in [6.45, 7) is 0.964. The molecule has 0 aromatic carbocycles. The highest BCUT2D eigenvalue weighted by atomic mass is 16.5. The Morgan fingerprint density at radius 2 is 2.33 bits per heavy atom. The van der Waals surface area contributed by atoms with Crippen molar-refractivity contribution < 1.29 is 14.6 Å². The van der Waals surface area contributed by atoms with E-state index in [1.165, 1.54) is 7.11 Å². The number of aliphatic hydroxyl groups excluding tert-OH is 1. The molecule has 1 fully saturated rings. The highest BCUT2D eigenvalue weighted by molar-refractivity contribution is 5.78. The van der Waals surface area contributed by atoms with Crippen molar-refractivity contribution in [2.24, 2.45) is 0 Å². The molecule has 0 radical (unpaired) electrons. The molecule has 5 heteroatoms. The minimum absolute atomic E-state index is 0.0853. The number of hydrogen-bond donors (Lipinski definition) is 2. The van der Waals surface area contributed by atoms with Gasteiger partial charge in [-0.05, 0) is 12.8 Å². The number of methoxy groups -OCH3 is 1. The molecule has 0 saturated heterocycles. The zero-order valence-electron chi connectivity index (χ0n) is 9.40. The number of nitrogens with zero attached hydrogens (tertiary/aromatic N) is 1. The van der Waals surface area contributed by atoms with Crippen LogP contribution in [0, 0.1) is 0 Å². The van der Waals surface area contributed by atoms with Gasteiger partial charge in [0.05, 0.1) is 19.3 Å². The molecule has 15 heavy (non-hydrogen) atoms. The van der Waals surface area contributed by atoms with Gasteiger partial charge in [-0.3, -0.25) is 4.79 Å². The fourth-order valence-electron chi connectivity index (χ4n) is 1.39. The van der Waals surface area contributed by atoms with Crippen molar-refractivity contribution in [1.82, 2.24) is 10.2 Å². The van der Waals surface area contributed by atoms with Gasteiger partial charge in [-0.2, -0.15) is 0 Å². The molecular weight excluding hydrogens is 196 g/mol. The van der Waals surface area contributed by atoms with Crippen LogP contribution >= 0.6 is 0 Å². The molecule has 1 aliphatic rings. The molecular formula is C10H20N2O3. The van der Waals surface area contributed by atoms with Gasteiger partial charge in [-0.1, -0.05) is 0 Å². The first-order chi connectivity index (χ1) is 7.15. The van der Waals surface area contributed by atoms with Gasteiger partial charge in [-0.25, -0.2) is 0 Å². The maximum absolute atomic E-state index is 11.5. The van der Waals surface area contributed by atoms with Crippen molar-refractivity contribution >= 4 is 5.91 Å². The van der Waals surface area contributed by atoms with Gasteiger partial charge in [0.1, 0.15) is 0 Å². The Kier molecular flexibility index (Phi) is 5.01. The number of amides is 1. The van der Waals surface area contributed by atoms with Gasteiger partial charge in [-0.15, -0.1) is 0 Å². The van der Waals surface area contributed by atoms with Crippen molar-refractivity contribution in [3.63, 3.8) is 0 Å². The number of carbonyl (C=O) groups excluding carboxylic acids is 1. The first-order valence-corrected chi connectivity index (χ1v) is 5.28. The molecule has 0 aromatic rings. The van der Waals surface area contributed by atoms with Crippen molar-refractivity contribution in [1.29, 1.82) is 0 Å². The smallest absolute Gasteiger partial charge is 0.236 e. The predicted octanol–water partition coefficient (Wildman–Crippen LogP) is -0.796. The molecule has 2 N–H and O–H groups in total. The van der Waals surface area contributed by atoms with E-state index in [-0.39, 0.29) is 12.5 Å². The van der Waals surface area contributed by atoms with E-state index in [1.54, 1.807) is 4.90 Å². The normalized spacial score (nSPS) is 17.5. The molecule has 0 bridgehead atoms. The number of nitrogens with one attached hydrogen (secondary N) is 1. The summed E-state index contributed by atoms with van der Waals surface area (Å²) in [6.07, 6.45) is 1.69. The number of rotatable bonds is 7. The van der Waals surface area contributed by atoms with E-state index in [0.717, 1.165) is 12.8 Å². The largest absolute Gasteiger partial charge is 0.389 e. The van der Waals surface area contributed by atoms with Gasteiger partial charge in [0.15, 0.2) is 0 Å². The maximum atomic E-state index is 11.5. The van der Waals surface area contributed by atoms with Gasteiger partial charge in [0.25, 0.3) is 0 Å². The highest BCUT2D eigenvalue weighted by Crippen LogP contribution is 2.24. The van der Waals surface area contributed by atoms with Crippen LogP contribution in [0.3, 0.4) is 0 Å². The lowest BCUT2D eigenvalue weighted by Crippen LogP contribution is -2.40. The number of likely N-dealkylation sites (N-methyl/N-ethyl adjacent to an activating group) is 1. The molecule has 88 valence electrons. The lowest BCUT2D eigenvalue weighted by molar-refractivity contribution is -0.129. The standard InChI is InChI=1S/C10H20N2O3/c1-12(8-3-4-8)10(14)6-11-5-9(13)7-15-2/h8-9,11,13H,3-7H2,1-2H3. The zero-order chi connectivity index (χ0) is 11.3. The van der Waals surface area contributed by atoms with Crippen molar-refractivity contribution in [3.8, 4) is 0 Å². The van der Waals surface area contributed by atoms with Crippen LogP contribution in [0.2, 0.25) is 0 Å². The lowest BCUT2D eigenvalue weighted by atomic mass is 10.3. The van der Waals surface area contributed by atoms with E-state index in [9.17, 15) is 9.90 Å². The molecule has 0 aromatic heterocycles. The van der Waals surface area contributed by atoms with E-state index in [2.05, 4.69) is 5.32 Å². The SMILES string of the molecule is COCC(O)CNCC(=O)N(C)C1CC1. The number of carbonyl (C=O) groups is 1. The van der Waals surface area contributed by atoms with Gasteiger partial charge >= 0.3 is 0 Å². The second-order valence-electron chi connectivity index (χ2n) is 3.98. The van der Waals surface area contributed by atoms with E-state index >= 15 is 0 Å². The third kappa shape index (κ3) is 4.59. The summed E-state index contributed by atoms with van der Waals surface area (Å²) in [6, 6.07) is 0.447. The third-order valence-corrected chi connectivity index (χ3v) is 2.50. The van der Waals surface area contributed by atoms with Crippen LogP contribution in [0.15, 0.2) is 0 Å². The summed E-state index contributed by atoms with van der Waals surface area (Å²) >= 11 is 0. The molecule has 1 rings (SSSR count). The Labute approximate surface area is 90.4 Å². The molecule has 1 amide bonds. The van der Waals surface area contributed by atoms with Crippen molar-refractivity contribution in [2.45, 2.75) is 25.0 Å². The first-order valence-electron chi connectivity index (χ1n) is 5.28. The maximum Gasteiger partial charge on any atom is 0.236 e. The molecule has 0 spiro atoms. The third-order valence-electron chi connectivity index (χ3n) is 2.50. The molecule has 5 nitrogen and oxygen atoms in total. The van der Waals surface area contributed by atoms with E-state index in [1.807, 2.05) is 7.05 Å². The minimum Gasteiger partial charge on any atom is -0.389 e. The Morgan fingerprint density at radius 1 is 1.67 bits per heavy atom. The highest BCUT2D eigenvalue weighted by Gasteiger charge is 2.29. The topological polar surface area (TPSA) is 61.8 Å². The molecule has 1 atom stereocenters. The first kappa shape index (κ1) is 12.4. The summed E-state index contributed by atoms with van der Waals surface area (Å²) in [7, 11) is 3.36. The second-order valence-corrected chi connectivity index (χ2v) is 3.98. The molecule has 1 aliphatic carbocycles. The predicted molar refractivity (Wildman–Crippen MR) is 56.5 cm³/mol. The summed E-state index contributed by atoms with van der Waals surface area (Å²) in [5, 5.41) is 12.2. The molecule has 0 aliphatic heterocycles. The van der Waals surface area contributed by atoms with Crippen LogP contribution in [0.25, 0.3) is 0 Å². The van der Waals surface area contributed by atoms with Gasteiger partial charge in [0, 0.05) is 26.7 Å². The molecule has 1 unspecified atom stereocenters. The van der Waals surface area contributed by atoms with Crippen LogP contribution < -0.4 is 5.32 Å². The van der Waals surface area contributed by atoms with Crippen LogP contribution in [0.4, 0.5) is 0 Å².